The summed E-state index contributed by atoms with van der Waals surface area (Å²) in [5, 5.41) is 3.53. The second-order valence-electron chi connectivity index (χ2n) is 10.9. The highest BCUT2D eigenvalue weighted by molar-refractivity contribution is 5.92. The second-order valence-corrected chi connectivity index (χ2v) is 10.9. The first-order valence-electron chi connectivity index (χ1n) is 13.9. The van der Waals surface area contributed by atoms with Crippen LogP contribution in [0.2, 0.25) is 0 Å². The third-order valence-electron chi connectivity index (χ3n) is 7.00. The van der Waals surface area contributed by atoms with Crippen LogP contribution in [0.1, 0.15) is 36.1 Å². The van der Waals surface area contributed by atoms with Gasteiger partial charge in [-0.2, -0.15) is 26.3 Å². The van der Waals surface area contributed by atoms with Crippen molar-refractivity contribution < 1.29 is 35.9 Å². The average Bonchev–Trinajstić information content (AvgIpc) is 3.37. The molecule has 234 valence electrons. The highest BCUT2D eigenvalue weighted by Crippen LogP contribution is 2.30. The number of anilines is 1. The zero-order valence-electron chi connectivity index (χ0n) is 24.1. The second kappa shape index (κ2) is 13.4. The summed E-state index contributed by atoms with van der Waals surface area (Å²) in [6.45, 7) is 3.75. The molecule has 0 atom stereocenters. The molecule has 12 heteroatoms. The van der Waals surface area contributed by atoms with Crippen molar-refractivity contribution in [3.05, 3.63) is 101 Å². The van der Waals surface area contributed by atoms with Gasteiger partial charge in [0.25, 0.3) is 0 Å². The van der Waals surface area contributed by atoms with Gasteiger partial charge in [0, 0.05) is 42.4 Å². The smallest absolute Gasteiger partial charge is 0.361 e. The number of para-hydroxylation sites is 1. The van der Waals surface area contributed by atoms with E-state index in [0.717, 1.165) is 52.9 Å². The van der Waals surface area contributed by atoms with Gasteiger partial charge in [-0.15, -0.1) is 0 Å². The monoisotopic (exact) mass is 618 g/mol. The number of urea groups is 1. The first-order chi connectivity index (χ1) is 20.7. The molecule has 0 aliphatic carbocycles. The van der Waals surface area contributed by atoms with Crippen LogP contribution in [0, 0.1) is 5.92 Å². The number of hydrogen-bond acceptors (Lipinski definition) is 2. The number of nitrogens with zero attached hydrogens (tertiary/aromatic N) is 2. The summed E-state index contributed by atoms with van der Waals surface area (Å²) in [7, 11) is 0. The van der Waals surface area contributed by atoms with E-state index in [9.17, 15) is 35.9 Å². The minimum atomic E-state index is -4.53. The summed E-state index contributed by atoms with van der Waals surface area (Å²) in [4.78, 5) is 32.8. The van der Waals surface area contributed by atoms with Crippen LogP contribution in [-0.2, 0) is 30.1 Å². The largest absolute Gasteiger partial charge is 0.416 e. The van der Waals surface area contributed by atoms with Gasteiger partial charge in [-0.25, -0.2) is 4.79 Å². The van der Waals surface area contributed by atoms with Gasteiger partial charge in [-0.05, 0) is 65.9 Å². The molecule has 0 aliphatic rings. The maximum atomic E-state index is 13.7. The van der Waals surface area contributed by atoms with E-state index in [1.165, 1.54) is 21.9 Å². The fourth-order valence-corrected chi connectivity index (χ4v) is 4.77. The number of benzene rings is 3. The zero-order chi connectivity index (χ0) is 32.1. The minimum absolute atomic E-state index is 0.00929. The van der Waals surface area contributed by atoms with Crippen LogP contribution < -0.4 is 5.32 Å². The Morgan fingerprint density at radius 2 is 1.41 bits per heavy atom. The summed E-state index contributed by atoms with van der Waals surface area (Å²) >= 11 is 0. The van der Waals surface area contributed by atoms with Crippen molar-refractivity contribution in [2.45, 2.75) is 39.2 Å². The fourth-order valence-electron chi connectivity index (χ4n) is 4.77. The fraction of sp³-hybridized carbons (Fsp3) is 0.312. The Morgan fingerprint density at radius 1 is 0.818 bits per heavy atom. The van der Waals surface area contributed by atoms with E-state index in [2.05, 4.69) is 10.3 Å². The first kappa shape index (κ1) is 32.4. The first-order valence-corrected chi connectivity index (χ1v) is 13.9. The van der Waals surface area contributed by atoms with Gasteiger partial charge in [0.1, 0.15) is 6.54 Å². The molecule has 4 rings (SSSR count). The van der Waals surface area contributed by atoms with E-state index >= 15 is 0 Å². The number of carbonyl (C=O) groups is 2. The maximum Gasteiger partial charge on any atom is 0.416 e. The van der Waals surface area contributed by atoms with E-state index in [1.807, 2.05) is 44.3 Å². The Morgan fingerprint density at radius 3 is 2.00 bits per heavy atom. The number of hydrogen-bond donors (Lipinski definition) is 2. The molecule has 4 aromatic rings. The molecule has 44 heavy (non-hydrogen) atoms. The number of nitrogens with one attached hydrogen (secondary N) is 2. The van der Waals surface area contributed by atoms with Gasteiger partial charge in [-0.1, -0.05) is 44.2 Å². The molecule has 0 unspecified atom stereocenters. The van der Waals surface area contributed by atoms with Crippen molar-refractivity contribution >= 4 is 28.5 Å². The number of H-pyrrole nitrogens is 1. The molecule has 2 N–H and O–H groups in total. The van der Waals surface area contributed by atoms with E-state index in [4.69, 9.17) is 0 Å². The number of amides is 3. The quantitative estimate of drug-likeness (QED) is 0.177. The predicted octanol–water partition coefficient (Wildman–Crippen LogP) is 7.97. The van der Waals surface area contributed by atoms with Crippen LogP contribution >= 0.6 is 0 Å². The number of carbonyl (C=O) groups excluding carboxylic acids is 2. The Bertz CT molecular complexity index is 1560. The van der Waals surface area contributed by atoms with E-state index < -0.39 is 35.4 Å². The number of alkyl halides is 6. The highest BCUT2D eigenvalue weighted by atomic mass is 19.4. The van der Waals surface area contributed by atoms with Crippen LogP contribution in [0.15, 0.2) is 79.0 Å². The summed E-state index contributed by atoms with van der Waals surface area (Å²) in [6.07, 6.45) is -6.74. The third kappa shape index (κ3) is 8.55. The lowest BCUT2D eigenvalue weighted by molar-refractivity contribution is -0.138. The van der Waals surface area contributed by atoms with Crippen molar-refractivity contribution in [1.82, 2.24) is 14.8 Å². The Balaban J connectivity index is 1.53. The molecule has 1 aromatic heterocycles. The van der Waals surface area contributed by atoms with Crippen molar-refractivity contribution in [3.63, 3.8) is 0 Å². The van der Waals surface area contributed by atoms with Gasteiger partial charge in [-0.3, -0.25) is 4.79 Å². The number of fused-ring (bicyclic) bond motifs is 1. The molecule has 0 fully saturated rings. The Labute approximate surface area is 250 Å². The molecule has 0 saturated carbocycles. The van der Waals surface area contributed by atoms with Crippen LogP contribution in [0.25, 0.3) is 10.9 Å². The SMILES string of the molecule is CC(C)CN(CC(=O)N(CCc1c[nH]c2ccccc12)Cc1ccc(C(F)(F)F)cc1)C(=O)Nc1ccc(C(F)(F)F)cc1. The van der Waals surface area contributed by atoms with Crippen molar-refractivity contribution in [1.29, 1.82) is 0 Å². The maximum absolute atomic E-state index is 13.7. The van der Waals surface area contributed by atoms with Crippen molar-refractivity contribution in [2.24, 2.45) is 5.92 Å². The van der Waals surface area contributed by atoms with Gasteiger partial charge in [0.2, 0.25) is 5.91 Å². The summed E-state index contributed by atoms with van der Waals surface area (Å²) < 4.78 is 78.1. The van der Waals surface area contributed by atoms with Crippen molar-refractivity contribution in [2.75, 3.05) is 25.0 Å². The topological polar surface area (TPSA) is 68.4 Å². The number of aromatic nitrogens is 1. The van der Waals surface area contributed by atoms with Gasteiger partial charge in [0.05, 0.1) is 11.1 Å². The van der Waals surface area contributed by atoms with E-state index in [0.29, 0.717) is 12.0 Å². The summed E-state index contributed by atoms with van der Waals surface area (Å²) in [6, 6.07) is 15.5. The van der Waals surface area contributed by atoms with Crippen molar-refractivity contribution in [3.8, 4) is 0 Å². The molecule has 6 nitrogen and oxygen atoms in total. The van der Waals surface area contributed by atoms with Crippen LogP contribution in [-0.4, -0.2) is 46.4 Å². The molecule has 0 spiro atoms. The van der Waals surface area contributed by atoms with Crippen LogP contribution in [0.4, 0.5) is 36.8 Å². The number of aromatic amines is 1. The molecule has 0 aliphatic heterocycles. The van der Waals surface area contributed by atoms with Crippen LogP contribution in [0.5, 0.6) is 0 Å². The molecule has 0 radical (unpaired) electrons. The lowest BCUT2D eigenvalue weighted by Crippen LogP contribution is -2.46. The molecule has 1 heterocycles. The third-order valence-corrected chi connectivity index (χ3v) is 7.00. The molecule has 0 bridgehead atoms. The molecule has 3 amide bonds. The normalized spacial score (nSPS) is 12.0. The lowest BCUT2D eigenvalue weighted by atomic mass is 10.1. The Kier molecular flexibility index (Phi) is 9.91. The number of halogens is 6. The lowest BCUT2D eigenvalue weighted by Gasteiger charge is -2.29. The zero-order valence-corrected chi connectivity index (χ0v) is 24.1. The average molecular weight is 619 g/mol. The predicted molar refractivity (Wildman–Crippen MR) is 156 cm³/mol. The molecule has 3 aromatic carbocycles. The summed E-state index contributed by atoms with van der Waals surface area (Å²) in [5.74, 6) is -0.483. The standard InChI is InChI=1S/C32H32F6N4O2/c1-21(2)18-42(30(44)40-26-13-11-25(12-14-26)32(36,37)38)20-29(43)41(19-22-7-9-24(10-8-22)31(33,34)35)16-15-23-17-39-28-6-4-3-5-27(23)28/h3-14,17,21,39H,15-16,18-20H2,1-2H3,(H,40,44). The van der Waals surface area contributed by atoms with E-state index in [-0.39, 0.29) is 37.8 Å². The molecule has 0 saturated heterocycles. The molecular weight excluding hydrogens is 586 g/mol. The highest BCUT2D eigenvalue weighted by Gasteiger charge is 2.31. The van der Waals surface area contributed by atoms with E-state index in [1.54, 1.807) is 0 Å². The van der Waals surface area contributed by atoms with Gasteiger partial charge in [0.15, 0.2) is 0 Å². The summed E-state index contributed by atoms with van der Waals surface area (Å²) in [5.41, 5.74) is 0.816. The van der Waals surface area contributed by atoms with Gasteiger partial charge < -0.3 is 20.1 Å². The van der Waals surface area contributed by atoms with Crippen LogP contribution in [0.3, 0.4) is 0 Å². The number of rotatable bonds is 10. The van der Waals surface area contributed by atoms with Gasteiger partial charge >= 0.3 is 18.4 Å². The Hall–Kier alpha value is -4.48. The molecular formula is C32H32F6N4O2. The minimum Gasteiger partial charge on any atom is -0.361 e.